The van der Waals surface area contributed by atoms with Gasteiger partial charge in [-0.15, -0.1) is 11.3 Å². The van der Waals surface area contributed by atoms with Crippen molar-refractivity contribution >= 4 is 43.3 Å². The summed E-state index contributed by atoms with van der Waals surface area (Å²) in [6.07, 6.45) is 1.14. The zero-order chi connectivity index (χ0) is 28.7. The number of aromatic nitrogens is 1. The molecule has 8 nitrogen and oxygen atoms in total. The third-order valence-corrected chi connectivity index (χ3v) is 8.93. The summed E-state index contributed by atoms with van der Waals surface area (Å²) in [6, 6.07) is 21.1. The summed E-state index contributed by atoms with van der Waals surface area (Å²) in [6.45, 7) is 3.81. The number of ether oxygens (including phenoxy) is 1. The minimum atomic E-state index is -4.02. The number of nitrogens with zero attached hydrogens (tertiary/aromatic N) is 1. The Balaban J connectivity index is 1.58. The summed E-state index contributed by atoms with van der Waals surface area (Å²) >= 11 is 1.28. The van der Waals surface area contributed by atoms with Crippen LogP contribution in [-0.4, -0.2) is 44.3 Å². The second-order valence-electron chi connectivity index (χ2n) is 9.92. The first-order valence-corrected chi connectivity index (χ1v) is 15.4. The van der Waals surface area contributed by atoms with E-state index in [-0.39, 0.29) is 23.0 Å². The van der Waals surface area contributed by atoms with Gasteiger partial charge in [0.05, 0.1) is 28.3 Å². The molecule has 0 aliphatic carbocycles. The van der Waals surface area contributed by atoms with Crippen molar-refractivity contribution in [3.8, 4) is 5.75 Å². The molecule has 0 radical (unpaired) electrons. The summed E-state index contributed by atoms with van der Waals surface area (Å²) in [5.41, 5.74) is 1.74. The molecule has 4 aromatic rings. The van der Waals surface area contributed by atoms with Gasteiger partial charge in [0.25, 0.3) is 0 Å². The molecule has 0 spiro atoms. The molecule has 1 unspecified atom stereocenters. The number of nitrogens with one attached hydrogen (secondary N) is 2. The second kappa shape index (κ2) is 13.2. The molecule has 10 heteroatoms. The molecular formula is C30H33N3O5S2. The number of ketones is 1. The molecular weight excluding hydrogens is 546 g/mol. The minimum Gasteiger partial charge on any atom is -0.497 e. The van der Waals surface area contributed by atoms with E-state index in [1.54, 1.807) is 12.1 Å². The van der Waals surface area contributed by atoms with Gasteiger partial charge < -0.3 is 10.1 Å². The largest absolute Gasteiger partial charge is 0.497 e. The van der Waals surface area contributed by atoms with Crippen LogP contribution in [0.15, 0.2) is 83.8 Å². The fourth-order valence-corrected chi connectivity index (χ4v) is 6.48. The van der Waals surface area contributed by atoms with Crippen LogP contribution in [-0.2, 0) is 21.2 Å². The van der Waals surface area contributed by atoms with Crippen LogP contribution in [0, 0.1) is 5.92 Å². The molecule has 0 fully saturated rings. The minimum absolute atomic E-state index is 0.0112. The van der Waals surface area contributed by atoms with Crippen LogP contribution in [0.3, 0.4) is 0 Å². The number of rotatable bonds is 13. The predicted octanol–water partition coefficient (Wildman–Crippen LogP) is 5.00. The molecule has 40 heavy (non-hydrogen) atoms. The van der Waals surface area contributed by atoms with Crippen LogP contribution in [0.2, 0.25) is 0 Å². The van der Waals surface area contributed by atoms with Gasteiger partial charge in [-0.25, -0.2) is 13.4 Å². The lowest BCUT2D eigenvalue weighted by atomic mass is 10.00. The van der Waals surface area contributed by atoms with Gasteiger partial charge in [0.15, 0.2) is 5.01 Å². The average molecular weight is 580 g/mol. The van der Waals surface area contributed by atoms with Crippen LogP contribution in [0.5, 0.6) is 5.75 Å². The predicted molar refractivity (Wildman–Crippen MR) is 157 cm³/mol. The summed E-state index contributed by atoms with van der Waals surface area (Å²) in [7, 11) is -2.52. The first-order chi connectivity index (χ1) is 19.2. The van der Waals surface area contributed by atoms with E-state index in [2.05, 4.69) is 15.0 Å². The Hall–Kier alpha value is -3.60. The van der Waals surface area contributed by atoms with Crippen LogP contribution in [0.25, 0.3) is 10.2 Å². The number of methoxy groups -OCH3 is 1. The number of carbonyl (C=O) groups is 2. The highest BCUT2D eigenvalue weighted by Gasteiger charge is 2.31. The molecule has 3 aromatic carbocycles. The lowest BCUT2D eigenvalue weighted by Gasteiger charge is -2.23. The SMILES string of the molecule is COc1ccc(S(=O)(=O)N[C@@H](CC(C)C)C(=O)NC(CCc2ccccc2)C(=O)c2nc3ccccc3s2)cc1. The van der Waals surface area contributed by atoms with Gasteiger partial charge in [0.1, 0.15) is 11.8 Å². The maximum absolute atomic E-state index is 13.7. The van der Waals surface area contributed by atoms with Crippen molar-refractivity contribution in [3.05, 3.63) is 89.4 Å². The summed E-state index contributed by atoms with van der Waals surface area (Å²) < 4.78 is 34.9. The van der Waals surface area contributed by atoms with Crippen LogP contribution in [0.4, 0.5) is 0 Å². The van der Waals surface area contributed by atoms with E-state index < -0.39 is 28.0 Å². The standard InChI is InChI=1S/C30H33N3O5S2/c1-20(2)19-26(33-40(36,37)23-16-14-22(38-3)15-17-23)29(35)31-25(18-13-21-9-5-4-6-10-21)28(34)30-32-24-11-7-8-12-27(24)39-30/h4-12,14-17,20,25-26,33H,13,18-19H2,1-3H3,(H,31,35)/t25?,26-/m0/s1. The van der Waals surface area contributed by atoms with Gasteiger partial charge in [0, 0.05) is 0 Å². The molecule has 1 heterocycles. The number of para-hydroxylation sites is 1. The number of carbonyl (C=O) groups excluding carboxylic acids is 2. The highest BCUT2D eigenvalue weighted by molar-refractivity contribution is 7.89. The zero-order valence-electron chi connectivity index (χ0n) is 22.7. The Morgan fingerprint density at radius 2 is 1.60 bits per heavy atom. The number of amides is 1. The van der Waals surface area contributed by atoms with E-state index in [9.17, 15) is 18.0 Å². The number of Topliss-reactive ketones (excluding diaryl/α,β-unsaturated/α-hetero) is 1. The smallest absolute Gasteiger partial charge is 0.241 e. The van der Waals surface area contributed by atoms with E-state index in [4.69, 9.17) is 4.74 Å². The van der Waals surface area contributed by atoms with Crippen LogP contribution >= 0.6 is 11.3 Å². The molecule has 4 rings (SSSR count). The summed E-state index contributed by atoms with van der Waals surface area (Å²) in [4.78, 5) is 31.8. The molecule has 0 bridgehead atoms. The van der Waals surface area contributed by atoms with Crippen molar-refractivity contribution in [2.75, 3.05) is 7.11 Å². The van der Waals surface area contributed by atoms with Gasteiger partial charge >= 0.3 is 0 Å². The zero-order valence-corrected chi connectivity index (χ0v) is 24.3. The number of aryl methyl sites for hydroxylation is 1. The second-order valence-corrected chi connectivity index (χ2v) is 12.7. The van der Waals surface area contributed by atoms with Gasteiger partial charge in [-0.2, -0.15) is 4.72 Å². The Morgan fingerprint density at radius 1 is 0.925 bits per heavy atom. The molecule has 0 saturated heterocycles. The van der Waals surface area contributed by atoms with E-state index >= 15 is 0 Å². The number of fused-ring (bicyclic) bond motifs is 1. The Labute approximate surface area is 238 Å². The lowest BCUT2D eigenvalue weighted by Crippen LogP contribution is -2.52. The highest BCUT2D eigenvalue weighted by atomic mass is 32.2. The average Bonchev–Trinajstić information content (AvgIpc) is 3.39. The summed E-state index contributed by atoms with van der Waals surface area (Å²) in [5, 5.41) is 3.16. The van der Waals surface area contributed by atoms with Gasteiger partial charge in [0.2, 0.25) is 21.7 Å². The molecule has 210 valence electrons. The third-order valence-electron chi connectivity index (χ3n) is 6.39. The van der Waals surface area contributed by atoms with Gasteiger partial charge in [-0.05, 0) is 67.1 Å². The quantitative estimate of drug-likeness (QED) is 0.216. The number of sulfonamides is 1. The van der Waals surface area contributed by atoms with E-state index in [0.717, 1.165) is 10.3 Å². The van der Waals surface area contributed by atoms with Crippen molar-refractivity contribution in [2.45, 2.75) is 50.1 Å². The lowest BCUT2D eigenvalue weighted by molar-refractivity contribution is -0.123. The van der Waals surface area contributed by atoms with Crippen LogP contribution in [0.1, 0.15) is 42.1 Å². The number of benzene rings is 3. The maximum atomic E-state index is 13.7. The first kappa shape index (κ1) is 29.4. The van der Waals surface area contributed by atoms with E-state index in [1.165, 1.54) is 30.6 Å². The van der Waals surface area contributed by atoms with Crippen molar-refractivity contribution in [3.63, 3.8) is 0 Å². The van der Waals surface area contributed by atoms with Gasteiger partial charge in [-0.1, -0.05) is 56.3 Å². The van der Waals surface area contributed by atoms with Crippen molar-refractivity contribution < 1.29 is 22.7 Å². The Morgan fingerprint density at radius 3 is 2.25 bits per heavy atom. The molecule has 0 saturated carbocycles. The topological polar surface area (TPSA) is 114 Å². The van der Waals surface area contributed by atoms with E-state index in [0.29, 0.717) is 29.1 Å². The Bertz CT molecular complexity index is 1520. The molecule has 0 aliphatic rings. The first-order valence-electron chi connectivity index (χ1n) is 13.1. The number of thiazole rings is 1. The molecule has 1 aromatic heterocycles. The third kappa shape index (κ3) is 7.53. The van der Waals surface area contributed by atoms with Gasteiger partial charge in [-0.3, -0.25) is 9.59 Å². The monoisotopic (exact) mass is 579 g/mol. The summed E-state index contributed by atoms with van der Waals surface area (Å²) in [5.74, 6) is -0.327. The molecule has 2 atom stereocenters. The number of hydrogen-bond acceptors (Lipinski definition) is 7. The molecule has 2 N–H and O–H groups in total. The normalized spacial score (nSPS) is 13.2. The number of hydrogen-bond donors (Lipinski definition) is 2. The fourth-order valence-electron chi connectivity index (χ4n) is 4.31. The van der Waals surface area contributed by atoms with Crippen molar-refractivity contribution in [2.24, 2.45) is 5.92 Å². The Kier molecular flexibility index (Phi) is 9.67. The molecule has 1 amide bonds. The molecule has 0 aliphatic heterocycles. The van der Waals surface area contributed by atoms with Crippen molar-refractivity contribution in [1.29, 1.82) is 0 Å². The van der Waals surface area contributed by atoms with E-state index in [1.807, 2.05) is 68.4 Å². The highest BCUT2D eigenvalue weighted by Crippen LogP contribution is 2.24. The van der Waals surface area contributed by atoms with Crippen molar-refractivity contribution in [1.82, 2.24) is 15.0 Å². The van der Waals surface area contributed by atoms with Crippen LogP contribution < -0.4 is 14.8 Å². The fraction of sp³-hybridized carbons (Fsp3) is 0.300. The maximum Gasteiger partial charge on any atom is 0.241 e.